The molecule has 0 amide bonds. The zero-order valence-corrected chi connectivity index (χ0v) is 9.58. The van der Waals surface area contributed by atoms with E-state index >= 15 is 0 Å². The Labute approximate surface area is 93.9 Å². The number of carboxylic acids is 1. The largest absolute Gasteiger partial charge is 0.478 e. The van der Waals surface area contributed by atoms with Gasteiger partial charge in [0.25, 0.3) is 0 Å². The molecule has 3 nitrogen and oxygen atoms in total. The van der Waals surface area contributed by atoms with Crippen LogP contribution in [0.1, 0.15) is 26.3 Å². The minimum absolute atomic E-state index is 0.0374. The summed E-state index contributed by atoms with van der Waals surface area (Å²) < 4.78 is 18.6. The smallest absolute Gasteiger partial charge is 0.347 e. The van der Waals surface area contributed by atoms with Crippen molar-refractivity contribution in [2.75, 3.05) is 0 Å². The molecule has 1 aromatic carbocycles. The fraction of sp³-hybridized carbons (Fsp3) is 0.417. The molecule has 0 aromatic heterocycles. The molecule has 0 spiro atoms. The molecule has 0 heterocycles. The summed E-state index contributed by atoms with van der Waals surface area (Å²) in [6.07, 6.45) is 0.722. The van der Waals surface area contributed by atoms with E-state index in [1.165, 1.54) is 26.0 Å². The Hall–Kier alpha value is -1.58. The van der Waals surface area contributed by atoms with Gasteiger partial charge in [0.1, 0.15) is 0 Å². The number of halogens is 1. The average Bonchev–Trinajstić information content (AvgIpc) is 2.20. The van der Waals surface area contributed by atoms with Gasteiger partial charge >= 0.3 is 5.97 Å². The Balaban J connectivity index is 2.94. The van der Waals surface area contributed by atoms with Crippen LogP contribution in [0.15, 0.2) is 18.2 Å². The minimum atomic E-state index is -1.44. The van der Waals surface area contributed by atoms with E-state index in [0.717, 1.165) is 12.0 Å². The molecule has 0 unspecified atom stereocenters. The highest BCUT2D eigenvalue weighted by Crippen LogP contribution is 2.23. The van der Waals surface area contributed by atoms with Crippen LogP contribution < -0.4 is 4.74 Å². The molecule has 0 saturated carbocycles. The third-order valence-corrected chi connectivity index (χ3v) is 2.28. The first-order chi connectivity index (χ1) is 7.36. The molecule has 16 heavy (non-hydrogen) atoms. The average molecular weight is 226 g/mol. The fourth-order valence-corrected chi connectivity index (χ4v) is 1.17. The maximum absolute atomic E-state index is 13.5. The summed E-state index contributed by atoms with van der Waals surface area (Å²) in [6.45, 7) is 4.67. The van der Waals surface area contributed by atoms with Crippen molar-refractivity contribution in [1.82, 2.24) is 0 Å². The second-order valence-electron chi connectivity index (χ2n) is 4.04. The number of carboxylic acid groups (broad SMARTS) is 1. The van der Waals surface area contributed by atoms with Gasteiger partial charge in [-0.1, -0.05) is 13.0 Å². The number of aryl methyl sites for hydroxylation is 1. The minimum Gasteiger partial charge on any atom is -0.478 e. The van der Waals surface area contributed by atoms with Crippen LogP contribution in [-0.4, -0.2) is 16.7 Å². The number of benzene rings is 1. The normalized spacial score (nSPS) is 11.2. The fourth-order valence-electron chi connectivity index (χ4n) is 1.17. The van der Waals surface area contributed by atoms with Crippen molar-refractivity contribution in [2.45, 2.75) is 32.8 Å². The summed E-state index contributed by atoms with van der Waals surface area (Å²) in [5, 5.41) is 8.85. The van der Waals surface area contributed by atoms with Crippen LogP contribution in [-0.2, 0) is 11.2 Å². The van der Waals surface area contributed by atoms with E-state index in [2.05, 4.69) is 0 Å². The second kappa shape index (κ2) is 4.51. The number of hydrogen-bond acceptors (Lipinski definition) is 2. The van der Waals surface area contributed by atoms with E-state index in [4.69, 9.17) is 9.84 Å². The molecule has 0 bridgehead atoms. The number of rotatable bonds is 4. The van der Waals surface area contributed by atoms with E-state index in [9.17, 15) is 9.18 Å². The van der Waals surface area contributed by atoms with Crippen molar-refractivity contribution in [3.05, 3.63) is 29.6 Å². The van der Waals surface area contributed by atoms with E-state index in [0.29, 0.717) is 0 Å². The standard InChI is InChI=1S/C12H15FO3/c1-4-8-5-6-10(9(13)7-8)16-12(2,3)11(14)15/h5-7H,4H2,1-3H3,(H,14,15). The van der Waals surface area contributed by atoms with Crippen molar-refractivity contribution in [1.29, 1.82) is 0 Å². The number of carbonyl (C=O) groups is 1. The quantitative estimate of drug-likeness (QED) is 0.858. The number of aliphatic carboxylic acids is 1. The zero-order chi connectivity index (χ0) is 12.3. The first-order valence-electron chi connectivity index (χ1n) is 5.07. The Morgan fingerprint density at radius 3 is 2.56 bits per heavy atom. The number of ether oxygens (including phenoxy) is 1. The summed E-state index contributed by atoms with van der Waals surface area (Å²) in [6, 6.07) is 4.53. The van der Waals surface area contributed by atoms with Gasteiger partial charge in [-0.2, -0.15) is 0 Å². The van der Waals surface area contributed by atoms with Crippen molar-refractivity contribution in [3.8, 4) is 5.75 Å². The lowest BCUT2D eigenvalue weighted by Gasteiger charge is -2.21. The summed E-state index contributed by atoms with van der Waals surface area (Å²) in [5.41, 5.74) is -0.591. The van der Waals surface area contributed by atoms with Crippen molar-refractivity contribution >= 4 is 5.97 Å². The van der Waals surface area contributed by atoms with Crippen LogP contribution >= 0.6 is 0 Å². The van der Waals surface area contributed by atoms with Crippen molar-refractivity contribution in [3.63, 3.8) is 0 Å². The molecule has 0 atom stereocenters. The van der Waals surface area contributed by atoms with Gasteiger partial charge in [0.15, 0.2) is 17.2 Å². The summed E-state index contributed by atoms with van der Waals surface area (Å²) in [5.74, 6) is -1.70. The van der Waals surface area contributed by atoms with Crippen molar-refractivity contribution < 1.29 is 19.0 Å². The lowest BCUT2D eigenvalue weighted by Crippen LogP contribution is -2.38. The summed E-state index contributed by atoms with van der Waals surface area (Å²) in [4.78, 5) is 10.8. The summed E-state index contributed by atoms with van der Waals surface area (Å²) in [7, 11) is 0. The highest BCUT2D eigenvalue weighted by atomic mass is 19.1. The van der Waals surface area contributed by atoms with Crippen LogP contribution in [0, 0.1) is 5.82 Å². The predicted octanol–water partition coefficient (Wildman–Crippen LogP) is 2.63. The van der Waals surface area contributed by atoms with E-state index in [-0.39, 0.29) is 5.75 Å². The highest BCUT2D eigenvalue weighted by molar-refractivity contribution is 5.76. The van der Waals surface area contributed by atoms with Gasteiger partial charge in [-0.15, -0.1) is 0 Å². The monoisotopic (exact) mass is 226 g/mol. The van der Waals surface area contributed by atoms with Crippen LogP contribution in [0.25, 0.3) is 0 Å². The molecule has 0 aliphatic carbocycles. The zero-order valence-electron chi connectivity index (χ0n) is 9.58. The molecule has 0 aliphatic rings. The van der Waals surface area contributed by atoms with Gasteiger partial charge in [0.2, 0.25) is 0 Å². The molecule has 0 aliphatic heterocycles. The first-order valence-corrected chi connectivity index (χ1v) is 5.07. The third kappa shape index (κ3) is 2.72. The molecular weight excluding hydrogens is 211 g/mol. The molecule has 0 saturated heterocycles. The van der Waals surface area contributed by atoms with Gasteiger partial charge in [-0.05, 0) is 38.0 Å². The predicted molar refractivity (Wildman–Crippen MR) is 58.1 cm³/mol. The van der Waals surface area contributed by atoms with Gasteiger partial charge in [-0.3, -0.25) is 0 Å². The molecule has 1 aromatic rings. The lowest BCUT2D eigenvalue weighted by molar-refractivity contribution is -0.152. The van der Waals surface area contributed by atoms with E-state index in [1.54, 1.807) is 6.07 Å². The maximum Gasteiger partial charge on any atom is 0.347 e. The maximum atomic E-state index is 13.5. The third-order valence-electron chi connectivity index (χ3n) is 2.28. The Bertz CT molecular complexity index is 399. The van der Waals surface area contributed by atoms with Crippen LogP contribution in [0.2, 0.25) is 0 Å². The topological polar surface area (TPSA) is 46.5 Å². The van der Waals surface area contributed by atoms with Crippen LogP contribution in [0.3, 0.4) is 0 Å². The molecule has 1 N–H and O–H groups in total. The number of hydrogen-bond donors (Lipinski definition) is 1. The lowest BCUT2D eigenvalue weighted by atomic mass is 10.1. The van der Waals surface area contributed by atoms with Gasteiger partial charge < -0.3 is 9.84 Å². The van der Waals surface area contributed by atoms with Gasteiger partial charge in [-0.25, -0.2) is 9.18 Å². The van der Waals surface area contributed by atoms with E-state index in [1.807, 2.05) is 6.92 Å². The SMILES string of the molecule is CCc1ccc(OC(C)(C)C(=O)O)c(F)c1. The summed E-state index contributed by atoms with van der Waals surface area (Å²) >= 11 is 0. The molecule has 88 valence electrons. The first kappa shape index (κ1) is 12.5. The van der Waals surface area contributed by atoms with Crippen molar-refractivity contribution in [2.24, 2.45) is 0 Å². The second-order valence-corrected chi connectivity index (χ2v) is 4.04. The molecule has 0 radical (unpaired) electrons. The molecule has 1 rings (SSSR count). The Morgan fingerprint density at radius 2 is 2.12 bits per heavy atom. The highest BCUT2D eigenvalue weighted by Gasteiger charge is 2.30. The molecular formula is C12H15FO3. The molecule has 4 heteroatoms. The van der Waals surface area contributed by atoms with Crippen LogP contribution in [0.5, 0.6) is 5.75 Å². The van der Waals surface area contributed by atoms with Gasteiger partial charge in [0.05, 0.1) is 0 Å². The molecule has 0 fully saturated rings. The van der Waals surface area contributed by atoms with Crippen LogP contribution in [0.4, 0.5) is 4.39 Å². The Morgan fingerprint density at radius 1 is 1.50 bits per heavy atom. The Kier molecular flexibility index (Phi) is 3.52. The van der Waals surface area contributed by atoms with Gasteiger partial charge in [0, 0.05) is 0 Å². The van der Waals surface area contributed by atoms with E-state index < -0.39 is 17.4 Å².